The fourth-order valence-electron chi connectivity index (χ4n) is 2.77. The average Bonchev–Trinajstić information content (AvgIpc) is 2.98. The second-order valence-corrected chi connectivity index (χ2v) is 5.46. The molecule has 0 bridgehead atoms. The molecule has 0 aliphatic rings. The average molecular weight is 327 g/mol. The summed E-state index contributed by atoms with van der Waals surface area (Å²) >= 11 is 0. The van der Waals surface area contributed by atoms with Crippen LogP contribution in [-0.2, 0) is 9.47 Å². The molecule has 0 saturated heterocycles. The summed E-state index contributed by atoms with van der Waals surface area (Å²) in [4.78, 5) is 33.9. The number of benzene rings is 1. The molecule has 3 aromatic rings. The standard InChI is InChI=1S/C17H17N3O4/c1-20(2)15-12(16(21)23-3)13-11(14(19-15)17(22)24-4)9-7-5-6-8-10(9)18-13/h5-8,18H,1-4H3. The minimum Gasteiger partial charge on any atom is -0.465 e. The monoisotopic (exact) mass is 327 g/mol. The van der Waals surface area contributed by atoms with Gasteiger partial charge in [0.25, 0.3) is 0 Å². The zero-order chi connectivity index (χ0) is 17.4. The van der Waals surface area contributed by atoms with Crippen molar-refractivity contribution in [2.75, 3.05) is 33.2 Å². The number of para-hydroxylation sites is 1. The normalized spacial score (nSPS) is 10.8. The Morgan fingerprint density at radius 2 is 1.75 bits per heavy atom. The molecule has 0 radical (unpaired) electrons. The van der Waals surface area contributed by atoms with E-state index in [0.29, 0.717) is 16.7 Å². The van der Waals surface area contributed by atoms with Crippen LogP contribution in [0.25, 0.3) is 21.8 Å². The molecule has 0 fully saturated rings. The summed E-state index contributed by atoms with van der Waals surface area (Å²) in [6.45, 7) is 0. The van der Waals surface area contributed by atoms with Gasteiger partial charge in [0.1, 0.15) is 11.4 Å². The summed E-state index contributed by atoms with van der Waals surface area (Å²) in [5.74, 6) is -0.759. The minimum atomic E-state index is -0.565. The molecule has 3 rings (SSSR count). The zero-order valence-electron chi connectivity index (χ0n) is 13.8. The van der Waals surface area contributed by atoms with E-state index in [1.165, 1.54) is 14.2 Å². The van der Waals surface area contributed by atoms with Crippen molar-refractivity contribution in [1.82, 2.24) is 9.97 Å². The first-order valence-electron chi connectivity index (χ1n) is 7.28. The first kappa shape index (κ1) is 15.8. The highest BCUT2D eigenvalue weighted by Gasteiger charge is 2.27. The topological polar surface area (TPSA) is 84.5 Å². The van der Waals surface area contributed by atoms with Gasteiger partial charge >= 0.3 is 11.9 Å². The molecule has 7 heteroatoms. The van der Waals surface area contributed by atoms with Crippen LogP contribution in [0.1, 0.15) is 20.8 Å². The molecule has 0 spiro atoms. The number of ether oxygens (including phenoxy) is 2. The maximum Gasteiger partial charge on any atom is 0.357 e. The van der Waals surface area contributed by atoms with Gasteiger partial charge in [-0.05, 0) is 6.07 Å². The van der Waals surface area contributed by atoms with E-state index in [-0.39, 0.29) is 11.3 Å². The lowest BCUT2D eigenvalue weighted by Crippen LogP contribution is -2.19. The molecule has 1 aromatic carbocycles. The van der Waals surface area contributed by atoms with Crippen LogP contribution in [0.4, 0.5) is 5.82 Å². The van der Waals surface area contributed by atoms with Crippen molar-refractivity contribution in [3.63, 3.8) is 0 Å². The van der Waals surface area contributed by atoms with E-state index >= 15 is 0 Å². The van der Waals surface area contributed by atoms with Crippen LogP contribution in [0.5, 0.6) is 0 Å². The van der Waals surface area contributed by atoms with Crippen LogP contribution in [0.2, 0.25) is 0 Å². The Hall–Kier alpha value is -3.09. The first-order chi connectivity index (χ1) is 11.5. The number of anilines is 1. The van der Waals surface area contributed by atoms with Crippen molar-refractivity contribution < 1.29 is 19.1 Å². The highest BCUT2D eigenvalue weighted by Crippen LogP contribution is 2.34. The lowest BCUT2D eigenvalue weighted by Gasteiger charge is -2.17. The van der Waals surface area contributed by atoms with E-state index in [1.54, 1.807) is 19.0 Å². The van der Waals surface area contributed by atoms with E-state index in [0.717, 1.165) is 10.9 Å². The Bertz CT molecular complexity index is 959. The number of nitrogens with zero attached hydrogens (tertiary/aromatic N) is 2. The second kappa shape index (κ2) is 5.84. The highest BCUT2D eigenvalue weighted by molar-refractivity contribution is 6.21. The van der Waals surface area contributed by atoms with Gasteiger partial charge in [-0.25, -0.2) is 14.6 Å². The lowest BCUT2D eigenvalue weighted by molar-refractivity contribution is 0.0585. The van der Waals surface area contributed by atoms with Crippen molar-refractivity contribution in [3.05, 3.63) is 35.5 Å². The molecular formula is C17H17N3O4. The summed E-state index contributed by atoms with van der Waals surface area (Å²) in [6, 6.07) is 7.45. The predicted octanol–water partition coefficient (Wildman–Crippen LogP) is 2.36. The number of fused-ring (bicyclic) bond motifs is 3. The third-order valence-corrected chi connectivity index (χ3v) is 3.83. The summed E-state index contributed by atoms with van der Waals surface area (Å²) in [5, 5.41) is 1.33. The van der Waals surface area contributed by atoms with E-state index in [1.807, 2.05) is 24.3 Å². The fourth-order valence-corrected chi connectivity index (χ4v) is 2.77. The molecule has 0 aliphatic carbocycles. The zero-order valence-corrected chi connectivity index (χ0v) is 13.8. The summed E-state index contributed by atoms with van der Waals surface area (Å²) < 4.78 is 9.79. The van der Waals surface area contributed by atoms with E-state index in [9.17, 15) is 9.59 Å². The van der Waals surface area contributed by atoms with Crippen molar-refractivity contribution in [1.29, 1.82) is 0 Å². The summed E-state index contributed by atoms with van der Waals surface area (Å²) in [5.41, 5.74) is 1.73. The number of carbonyl (C=O) groups is 2. The third kappa shape index (κ3) is 2.25. The smallest absolute Gasteiger partial charge is 0.357 e. The minimum absolute atomic E-state index is 0.154. The van der Waals surface area contributed by atoms with Crippen LogP contribution in [0.15, 0.2) is 24.3 Å². The Kier molecular flexibility index (Phi) is 3.84. The van der Waals surface area contributed by atoms with Crippen LogP contribution in [0.3, 0.4) is 0 Å². The maximum absolute atomic E-state index is 12.4. The van der Waals surface area contributed by atoms with Crippen LogP contribution in [0, 0.1) is 0 Å². The number of nitrogens with one attached hydrogen (secondary N) is 1. The van der Waals surface area contributed by atoms with Crippen molar-refractivity contribution in [3.8, 4) is 0 Å². The molecule has 1 N–H and O–H groups in total. The van der Waals surface area contributed by atoms with E-state index < -0.39 is 11.9 Å². The van der Waals surface area contributed by atoms with Crippen LogP contribution < -0.4 is 4.90 Å². The first-order valence-corrected chi connectivity index (χ1v) is 7.28. The number of rotatable bonds is 3. The molecule has 0 saturated carbocycles. The number of methoxy groups -OCH3 is 2. The molecule has 124 valence electrons. The molecule has 0 atom stereocenters. The number of H-pyrrole nitrogens is 1. The van der Waals surface area contributed by atoms with Crippen molar-refractivity contribution in [2.45, 2.75) is 0 Å². The summed E-state index contributed by atoms with van der Waals surface area (Å²) in [7, 11) is 6.09. The third-order valence-electron chi connectivity index (χ3n) is 3.83. The molecule has 24 heavy (non-hydrogen) atoms. The largest absolute Gasteiger partial charge is 0.465 e. The number of esters is 2. The van der Waals surface area contributed by atoms with Crippen molar-refractivity contribution >= 4 is 39.6 Å². The summed E-state index contributed by atoms with van der Waals surface area (Å²) in [6.07, 6.45) is 0. The molecule has 0 amide bonds. The second-order valence-electron chi connectivity index (χ2n) is 5.46. The molecular weight excluding hydrogens is 310 g/mol. The number of pyridine rings is 1. The Morgan fingerprint density at radius 1 is 1.08 bits per heavy atom. The van der Waals surface area contributed by atoms with Gasteiger partial charge in [-0.3, -0.25) is 0 Å². The van der Waals surface area contributed by atoms with Crippen LogP contribution in [-0.4, -0.2) is 50.2 Å². The Labute approximate surface area is 138 Å². The number of aromatic amines is 1. The number of aromatic nitrogens is 2. The fraction of sp³-hybridized carbons (Fsp3) is 0.235. The molecule has 2 aromatic heterocycles. The number of hydrogen-bond acceptors (Lipinski definition) is 6. The SMILES string of the molecule is COC(=O)c1c(N(C)C)nc(C(=O)OC)c2c1[nH]c1ccccc12. The van der Waals surface area contributed by atoms with E-state index in [4.69, 9.17) is 9.47 Å². The molecule has 0 aliphatic heterocycles. The van der Waals surface area contributed by atoms with E-state index in [2.05, 4.69) is 9.97 Å². The van der Waals surface area contributed by atoms with Gasteiger partial charge in [0.2, 0.25) is 0 Å². The molecule has 7 nitrogen and oxygen atoms in total. The number of carbonyl (C=O) groups excluding carboxylic acids is 2. The Balaban J connectivity index is 2.55. The van der Waals surface area contributed by atoms with Gasteiger partial charge in [-0.15, -0.1) is 0 Å². The number of hydrogen-bond donors (Lipinski definition) is 1. The molecule has 0 unspecified atom stereocenters. The Morgan fingerprint density at radius 3 is 2.38 bits per heavy atom. The lowest BCUT2D eigenvalue weighted by atomic mass is 10.1. The maximum atomic E-state index is 12.4. The predicted molar refractivity (Wildman–Crippen MR) is 90.6 cm³/mol. The highest BCUT2D eigenvalue weighted by atomic mass is 16.5. The van der Waals surface area contributed by atoms with Crippen LogP contribution >= 0.6 is 0 Å². The van der Waals surface area contributed by atoms with Gasteiger partial charge in [0, 0.05) is 30.4 Å². The van der Waals surface area contributed by atoms with Gasteiger partial charge in [0.05, 0.1) is 19.7 Å². The van der Waals surface area contributed by atoms with Gasteiger partial charge in [0.15, 0.2) is 5.69 Å². The van der Waals surface area contributed by atoms with Gasteiger partial charge in [-0.1, -0.05) is 18.2 Å². The van der Waals surface area contributed by atoms with Gasteiger partial charge in [-0.2, -0.15) is 0 Å². The molecule has 2 heterocycles. The quantitative estimate of drug-likeness (QED) is 0.743. The van der Waals surface area contributed by atoms with Gasteiger partial charge < -0.3 is 19.4 Å². The van der Waals surface area contributed by atoms with Crippen molar-refractivity contribution in [2.24, 2.45) is 0 Å².